The predicted molar refractivity (Wildman–Crippen MR) is 97.3 cm³/mol. The Kier molecular flexibility index (Phi) is 9.81. The smallest absolute Gasteiger partial charge is 0.338 e. The maximum atomic E-state index is 12.2. The van der Waals surface area contributed by atoms with Gasteiger partial charge in [0.05, 0.1) is 17.7 Å². The van der Waals surface area contributed by atoms with Gasteiger partial charge in [-0.3, -0.25) is 4.79 Å². The van der Waals surface area contributed by atoms with E-state index >= 15 is 0 Å². The van der Waals surface area contributed by atoms with Crippen molar-refractivity contribution in [2.45, 2.75) is 71.8 Å². The molecule has 0 bridgehead atoms. The molecule has 0 aliphatic heterocycles. The van der Waals surface area contributed by atoms with E-state index in [1.165, 1.54) is 32.1 Å². The molecule has 134 valence electrons. The molecule has 0 spiro atoms. The molecule has 4 nitrogen and oxygen atoms in total. The number of carbonyl (C=O) groups excluding carboxylic acids is 2. The van der Waals surface area contributed by atoms with Crippen LogP contribution in [0.25, 0.3) is 0 Å². The third kappa shape index (κ3) is 7.62. The standard InChI is InChI=1S/C20H31NO3/c1-4-5-6-7-8-9-12-15-24-20(23)18-14-11-10-13-17(18)19(22)21-16(2)3/h10-11,13-14,16H,4-9,12,15H2,1-3H3,(H,21,22). The van der Waals surface area contributed by atoms with Crippen molar-refractivity contribution in [1.82, 2.24) is 5.32 Å². The summed E-state index contributed by atoms with van der Waals surface area (Å²) in [5.74, 6) is -0.663. The van der Waals surface area contributed by atoms with E-state index in [2.05, 4.69) is 12.2 Å². The van der Waals surface area contributed by atoms with Crippen LogP contribution in [0.1, 0.15) is 86.4 Å². The van der Waals surface area contributed by atoms with Crippen molar-refractivity contribution in [2.75, 3.05) is 6.61 Å². The maximum absolute atomic E-state index is 12.2. The first kappa shape index (κ1) is 20.2. The number of unbranched alkanes of at least 4 members (excludes halogenated alkanes) is 6. The number of ether oxygens (including phenoxy) is 1. The molecule has 0 atom stereocenters. The van der Waals surface area contributed by atoms with Gasteiger partial charge in [0.15, 0.2) is 0 Å². The Bertz CT molecular complexity index is 511. The Labute approximate surface area is 146 Å². The highest BCUT2D eigenvalue weighted by molar-refractivity contribution is 6.05. The van der Waals surface area contributed by atoms with Crippen molar-refractivity contribution in [3.63, 3.8) is 0 Å². The van der Waals surface area contributed by atoms with Gasteiger partial charge in [0, 0.05) is 6.04 Å². The number of benzene rings is 1. The van der Waals surface area contributed by atoms with E-state index in [0.29, 0.717) is 17.7 Å². The molecular formula is C20H31NO3. The summed E-state index contributed by atoms with van der Waals surface area (Å²) in [6, 6.07) is 6.82. The molecule has 0 saturated carbocycles. The summed E-state index contributed by atoms with van der Waals surface area (Å²) in [4.78, 5) is 24.4. The topological polar surface area (TPSA) is 55.4 Å². The summed E-state index contributed by atoms with van der Waals surface area (Å²) in [5, 5.41) is 2.81. The third-order valence-electron chi connectivity index (χ3n) is 3.79. The highest BCUT2D eigenvalue weighted by atomic mass is 16.5. The van der Waals surface area contributed by atoms with Gasteiger partial charge in [-0.05, 0) is 32.4 Å². The van der Waals surface area contributed by atoms with Crippen LogP contribution in [-0.4, -0.2) is 24.5 Å². The predicted octanol–water partition coefficient (Wildman–Crippen LogP) is 4.73. The lowest BCUT2D eigenvalue weighted by atomic mass is 10.1. The fraction of sp³-hybridized carbons (Fsp3) is 0.600. The van der Waals surface area contributed by atoms with Gasteiger partial charge >= 0.3 is 5.97 Å². The molecule has 0 heterocycles. The van der Waals surface area contributed by atoms with Gasteiger partial charge in [0.25, 0.3) is 5.91 Å². The molecule has 0 fully saturated rings. The Balaban J connectivity index is 2.41. The molecule has 0 aliphatic rings. The van der Waals surface area contributed by atoms with E-state index < -0.39 is 5.97 Å². The molecule has 0 saturated heterocycles. The Morgan fingerprint density at radius 2 is 1.54 bits per heavy atom. The Morgan fingerprint density at radius 3 is 2.17 bits per heavy atom. The minimum absolute atomic E-state index is 0.0225. The average molecular weight is 333 g/mol. The van der Waals surface area contributed by atoms with Crippen molar-refractivity contribution < 1.29 is 14.3 Å². The van der Waals surface area contributed by atoms with Crippen LogP contribution in [-0.2, 0) is 4.74 Å². The third-order valence-corrected chi connectivity index (χ3v) is 3.79. The summed E-state index contributed by atoms with van der Waals surface area (Å²) in [6.07, 6.45) is 8.22. The summed E-state index contributed by atoms with van der Waals surface area (Å²) in [6.45, 7) is 6.39. The Morgan fingerprint density at radius 1 is 0.958 bits per heavy atom. The van der Waals surface area contributed by atoms with Gasteiger partial charge in [-0.1, -0.05) is 57.6 Å². The molecule has 1 aromatic carbocycles. The van der Waals surface area contributed by atoms with Crippen LogP contribution in [0.2, 0.25) is 0 Å². The number of esters is 1. The van der Waals surface area contributed by atoms with Crippen molar-refractivity contribution in [1.29, 1.82) is 0 Å². The number of hydrogen-bond acceptors (Lipinski definition) is 3. The molecule has 1 amide bonds. The van der Waals surface area contributed by atoms with Crippen molar-refractivity contribution >= 4 is 11.9 Å². The number of carbonyl (C=O) groups is 2. The molecule has 1 N–H and O–H groups in total. The van der Waals surface area contributed by atoms with Gasteiger partial charge in [0.1, 0.15) is 0 Å². The minimum atomic E-state index is -0.421. The zero-order valence-corrected chi connectivity index (χ0v) is 15.3. The SMILES string of the molecule is CCCCCCCCCOC(=O)c1ccccc1C(=O)NC(C)C. The number of nitrogens with one attached hydrogen (secondary N) is 1. The zero-order valence-electron chi connectivity index (χ0n) is 15.3. The van der Waals surface area contributed by atoms with E-state index in [1.807, 2.05) is 13.8 Å². The lowest BCUT2D eigenvalue weighted by molar-refractivity contribution is 0.0494. The van der Waals surface area contributed by atoms with Gasteiger partial charge in [-0.25, -0.2) is 4.79 Å². The quantitative estimate of drug-likeness (QED) is 0.470. The summed E-state index contributed by atoms with van der Waals surface area (Å²) in [5.41, 5.74) is 0.703. The van der Waals surface area contributed by atoms with E-state index in [4.69, 9.17) is 4.74 Å². The van der Waals surface area contributed by atoms with Crippen LogP contribution in [0.3, 0.4) is 0 Å². The number of hydrogen-bond donors (Lipinski definition) is 1. The van der Waals surface area contributed by atoms with E-state index in [1.54, 1.807) is 24.3 Å². The maximum Gasteiger partial charge on any atom is 0.338 e. The fourth-order valence-corrected chi connectivity index (χ4v) is 2.50. The molecule has 0 radical (unpaired) electrons. The highest BCUT2D eigenvalue weighted by Gasteiger charge is 2.17. The first-order chi connectivity index (χ1) is 11.6. The second-order valence-corrected chi connectivity index (χ2v) is 6.43. The average Bonchev–Trinajstić information content (AvgIpc) is 2.56. The normalized spacial score (nSPS) is 10.7. The fourth-order valence-electron chi connectivity index (χ4n) is 2.50. The summed E-state index contributed by atoms with van der Waals surface area (Å²) >= 11 is 0. The van der Waals surface area contributed by atoms with Crippen molar-refractivity contribution in [3.05, 3.63) is 35.4 Å². The largest absolute Gasteiger partial charge is 0.462 e. The zero-order chi connectivity index (χ0) is 17.8. The van der Waals surface area contributed by atoms with Gasteiger partial charge in [-0.15, -0.1) is 0 Å². The summed E-state index contributed by atoms with van der Waals surface area (Å²) < 4.78 is 5.33. The lowest BCUT2D eigenvalue weighted by Gasteiger charge is -2.12. The second kappa shape index (κ2) is 11.7. The molecule has 0 unspecified atom stereocenters. The van der Waals surface area contributed by atoms with E-state index in [0.717, 1.165) is 12.8 Å². The lowest BCUT2D eigenvalue weighted by Crippen LogP contribution is -2.31. The first-order valence-corrected chi connectivity index (χ1v) is 9.13. The van der Waals surface area contributed by atoms with Crippen LogP contribution in [0.5, 0.6) is 0 Å². The Hall–Kier alpha value is -1.84. The summed E-state index contributed by atoms with van der Waals surface area (Å²) in [7, 11) is 0. The number of amides is 1. The minimum Gasteiger partial charge on any atom is -0.462 e. The molecule has 4 heteroatoms. The van der Waals surface area contributed by atoms with Gasteiger partial charge < -0.3 is 10.1 Å². The van der Waals surface area contributed by atoms with Gasteiger partial charge in [-0.2, -0.15) is 0 Å². The van der Waals surface area contributed by atoms with Crippen LogP contribution in [0.15, 0.2) is 24.3 Å². The molecule has 1 rings (SSSR count). The van der Waals surface area contributed by atoms with Crippen molar-refractivity contribution in [3.8, 4) is 0 Å². The molecule has 0 aliphatic carbocycles. The molecule has 0 aromatic heterocycles. The molecular weight excluding hydrogens is 302 g/mol. The molecule has 1 aromatic rings. The van der Waals surface area contributed by atoms with Gasteiger partial charge in [0.2, 0.25) is 0 Å². The second-order valence-electron chi connectivity index (χ2n) is 6.43. The van der Waals surface area contributed by atoms with E-state index in [-0.39, 0.29) is 11.9 Å². The van der Waals surface area contributed by atoms with Crippen molar-refractivity contribution in [2.24, 2.45) is 0 Å². The monoisotopic (exact) mass is 333 g/mol. The van der Waals surface area contributed by atoms with Crippen LogP contribution < -0.4 is 5.32 Å². The first-order valence-electron chi connectivity index (χ1n) is 9.13. The van der Waals surface area contributed by atoms with Crippen LogP contribution in [0, 0.1) is 0 Å². The van der Waals surface area contributed by atoms with Crippen LogP contribution in [0.4, 0.5) is 0 Å². The molecule has 24 heavy (non-hydrogen) atoms. The van der Waals surface area contributed by atoms with E-state index in [9.17, 15) is 9.59 Å². The highest BCUT2D eigenvalue weighted by Crippen LogP contribution is 2.12. The van der Waals surface area contributed by atoms with Crippen LogP contribution >= 0.6 is 0 Å². The number of rotatable bonds is 11.